The van der Waals surface area contributed by atoms with Crippen molar-refractivity contribution in [1.82, 2.24) is 49.3 Å². The van der Waals surface area contributed by atoms with E-state index in [1.807, 2.05) is 226 Å². The molecule has 0 unspecified atom stereocenters. The summed E-state index contributed by atoms with van der Waals surface area (Å²) in [6.07, 6.45) is 23.8. The average molecular weight is 2070 g/mol. The molecule has 0 fully saturated rings. The summed E-state index contributed by atoms with van der Waals surface area (Å²) in [5.41, 5.74) is 20.7. The van der Waals surface area contributed by atoms with E-state index in [0.717, 1.165) is 98.5 Å². The number of amides is 3. The number of hydrogen-bond acceptors (Lipinski definition) is 19. The number of esters is 3. The van der Waals surface area contributed by atoms with Crippen LogP contribution in [-0.2, 0) is 96.5 Å². The number of methoxy groups -OCH3 is 2. The Labute approximate surface area is 876 Å². The van der Waals surface area contributed by atoms with Crippen molar-refractivity contribution in [1.29, 1.82) is 0 Å². The second-order valence-corrected chi connectivity index (χ2v) is 34.0. The Morgan fingerprint density at radius 3 is 0.910 bits per heavy atom. The summed E-state index contributed by atoms with van der Waals surface area (Å²) in [6, 6.07) is 99.8. The second kappa shape index (κ2) is 59.1. The number of halogens is 1. The molecular weight excluding hydrogens is 1960 g/mol. The van der Waals surface area contributed by atoms with Gasteiger partial charge in [-0.15, -0.1) is 0 Å². The van der Waals surface area contributed by atoms with Crippen LogP contribution >= 0.6 is 22.6 Å². The number of benzene rings is 12. The van der Waals surface area contributed by atoms with Gasteiger partial charge in [-0.25, -0.2) is 14.4 Å². The number of ether oxygens (including phenoxy) is 3. The summed E-state index contributed by atoms with van der Waals surface area (Å²) < 4.78 is 23.1. The molecule has 0 saturated carbocycles. The van der Waals surface area contributed by atoms with Crippen LogP contribution in [0.5, 0.6) is 0 Å². The summed E-state index contributed by atoms with van der Waals surface area (Å²) in [7, 11) is 1.33. The van der Waals surface area contributed by atoms with Crippen LogP contribution in [0, 0.1) is 3.57 Å². The van der Waals surface area contributed by atoms with Crippen molar-refractivity contribution in [3.8, 4) is 44.5 Å². The number of aromatic carboxylic acids is 2. The molecule has 0 atom stereocenters. The molecule has 0 spiro atoms. The second-order valence-electron chi connectivity index (χ2n) is 32.7. The molecule has 0 radical (unpaired) electrons. The van der Waals surface area contributed by atoms with E-state index in [2.05, 4.69) is 145 Å². The largest absolute Gasteiger partial charge is 1.00 e. The monoisotopic (exact) mass is 2070 g/mol. The third kappa shape index (κ3) is 37.2. The number of carbonyl (C=O) groups excluding carboxylic acids is 6. The van der Waals surface area contributed by atoms with Gasteiger partial charge in [-0.2, -0.15) is 25.5 Å². The van der Waals surface area contributed by atoms with Crippen molar-refractivity contribution in [2.75, 3.05) is 36.8 Å². The number of nitrogens with one attached hydrogen (secondary N) is 4. The summed E-state index contributed by atoms with van der Waals surface area (Å²) in [5, 5.41) is 68.5. The summed E-state index contributed by atoms with van der Waals surface area (Å²) in [5.74, 6) is -3.58. The molecule has 0 bridgehead atoms. The molecule has 12 aromatic carbocycles. The van der Waals surface area contributed by atoms with E-state index in [9.17, 15) is 43.5 Å². The fraction of sp³-hybridized carbons (Fsp3) is 0.159. The first-order valence-corrected chi connectivity index (χ1v) is 47.3. The van der Waals surface area contributed by atoms with Crippen molar-refractivity contribution in [2.24, 2.45) is 0 Å². The summed E-state index contributed by atoms with van der Waals surface area (Å²) in [4.78, 5) is 93.4. The Morgan fingerprint density at radius 1 is 0.338 bits per heavy atom. The maximum absolute atomic E-state index is 12.5. The van der Waals surface area contributed by atoms with Crippen molar-refractivity contribution in [3.63, 3.8) is 0 Å². The van der Waals surface area contributed by atoms with Gasteiger partial charge < -0.3 is 55.9 Å². The van der Waals surface area contributed by atoms with E-state index >= 15 is 0 Å². The molecule has 9 N–H and O–H groups in total. The van der Waals surface area contributed by atoms with Crippen LogP contribution < -0.4 is 51.0 Å². The van der Waals surface area contributed by atoms with Crippen LogP contribution in [0.1, 0.15) is 120 Å². The minimum Gasteiger partial charge on any atom is -0.870 e. The predicted octanol–water partition coefficient (Wildman–Crippen LogP) is 16.1. The maximum atomic E-state index is 12.5. The fourth-order valence-electron chi connectivity index (χ4n) is 14.7. The number of carboxylic acids is 2. The van der Waals surface area contributed by atoms with Crippen molar-refractivity contribution < 1.29 is 108 Å². The first-order chi connectivity index (χ1) is 69.5. The quantitative estimate of drug-likeness (QED) is 0.00791. The number of carboxylic acid groups (broad SMARTS) is 2. The number of para-hydroxylation sites is 3. The zero-order chi connectivity index (χ0) is 101. The molecule has 5 aromatic heterocycles. The summed E-state index contributed by atoms with van der Waals surface area (Å²) >= 11 is 2.26. The minimum atomic E-state index is -1.44. The number of H-pyrrole nitrogens is 1. The van der Waals surface area contributed by atoms with E-state index in [1.165, 1.54) is 52.2 Å². The number of carbonyl (C=O) groups is 8. The number of rotatable bonds is 35. The van der Waals surface area contributed by atoms with Crippen molar-refractivity contribution in [2.45, 2.75) is 97.3 Å². The Bertz CT molecular complexity index is 6900. The third-order valence-electron chi connectivity index (χ3n) is 22.3. The molecule has 3 amide bonds. The molecule has 734 valence electrons. The van der Waals surface area contributed by atoms with Gasteiger partial charge in [0.1, 0.15) is 0 Å². The molecule has 17 rings (SSSR count). The topological polar surface area (TPSA) is 411 Å². The van der Waals surface area contributed by atoms with Gasteiger partial charge in [0.2, 0.25) is 17.7 Å². The SMILES string of the molecule is CCOC(=O)c1ccccc1NC(=O)CCc1ccc(-c2cnn(Cc3ccccc3)c2)cc1.COC(=O)CCc1ccc(-c2cnn(Cc3ccccc3)c2)cc1.COC(=O)CCc1ccc(B(O)O)cc1.Ic1cnn(Cc2ccccc2)c1.O=C(CCc1ccc(-c2cn[nH]c2)cc1)Nc1ccccc1C(=O)O.O=C(CCc1ccc(-c2cnn(Cc3ccccc3)c2)cc1)Nc1ccccc1C(=O)O.[Na+].[OH-]. The zero-order valence-corrected chi connectivity index (χ0v) is 84.8. The van der Waals surface area contributed by atoms with Crippen LogP contribution in [0.15, 0.2) is 377 Å². The molecule has 17 aromatic rings. The number of aromatic amines is 1. The first-order valence-electron chi connectivity index (χ1n) is 46.2. The van der Waals surface area contributed by atoms with Crippen molar-refractivity contribution in [3.05, 3.63) is 448 Å². The normalized spacial score (nSPS) is 10.3. The van der Waals surface area contributed by atoms with Gasteiger partial charge in [-0.3, -0.25) is 47.8 Å². The molecule has 0 saturated heterocycles. The van der Waals surface area contributed by atoms with E-state index in [0.29, 0.717) is 79.5 Å². The van der Waals surface area contributed by atoms with Gasteiger partial charge in [0.05, 0.1) is 115 Å². The number of hydrogen-bond donors (Lipinski definition) is 8. The average Bonchev–Trinajstić information content (AvgIpc) is 1.83. The number of anilines is 3. The Hall–Kier alpha value is -15.9. The van der Waals surface area contributed by atoms with E-state index in [-0.39, 0.29) is 95.3 Å². The van der Waals surface area contributed by atoms with Gasteiger partial charge >= 0.3 is 66.5 Å². The third-order valence-corrected chi connectivity index (χ3v) is 22.9. The van der Waals surface area contributed by atoms with Gasteiger partial charge in [0, 0.05) is 85.3 Å². The maximum Gasteiger partial charge on any atom is 1.00 e. The van der Waals surface area contributed by atoms with Crippen LogP contribution in [0.25, 0.3) is 44.5 Å². The van der Waals surface area contributed by atoms with Crippen LogP contribution in [0.2, 0.25) is 0 Å². The standard InChI is InChI=1S/C28H27N3O3.C26H23N3O3.C20H20N2O2.C19H17N3O3.C10H13BO4.C10H9IN2.Na.H2O/c1-2-34-28(33)25-10-6-7-11-26(25)30-27(32)17-14-21-12-15-23(16-13-21)24-18-29-31(20-24)19-22-8-4-3-5-9-22;30-25(28-24-9-5-4-8-23(24)26(31)32)15-12-19-10-13-21(14-11-19)22-16-27-29(18-22)17-20-6-2-1-3-7-20;1-24-20(23)12-9-16-7-10-18(11-8-16)19-13-21-22(15-19)14-17-5-3-2-4-6-17;23-18(22-17-4-2-1-3-16(17)19(24)25)10-7-13-5-8-14(9-6-13)15-11-20-21-12-15;1-15-10(12)7-4-8-2-5-9(6-3-8)11(13)14;11-10-6-12-13(8-10)7-9-4-2-1-3-5-9;;/h3-13,15-16,18,20H,2,14,17,19H2,1H3,(H,30,32);1-11,13-14,16,18H,12,15,17H2,(H,28,30)(H,31,32);2-8,10-11,13,15H,9,12,14H2,1H3;1-6,8-9,11-12H,7,10H2,(H,20,21)(H,22,23)(H,24,25);2-3,5-6,13-14H,4,7H2,1H3;1-6,8H,7H2;;1H2/q;;;;;;+1;/p-1. The van der Waals surface area contributed by atoms with E-state index in [1.54, 1.807) is 98.0 Å². The zero-order valence-electron chi connectivity index (χ0n) is 80.6. The number of aromatic nitrogens is 10. The molecule has 0 aliphatic heterocycles. The molecule has 145 heavy (non-hydrogen) atoms. The Morgan fingerprint density at radius 2 is 0.621 bits per heavy atom. The predicted molar refractivity (Wildman–Crippen MR) is 563 cm³/mol. The molecule has 5 heterocycles. The molecule has 29 nitrogen and oxygen atoms in total. The Balaban J connectivity index is 0.000000183. The Kier molecular flexibility index (Phi) is 45.3. The van der Waals surface area contributed by atoms with Gasteiger partial charge in [-0.1, -0.05) is 279 Å². The fourth-order valence-corrected chi connectivity index (χ4v) is 15.1. The number of aryl methyl sites for hydroxylation is 5. The van der Waals surface area contributed by atoms with E-state index in [4.69, 9.17) is 19.9 Å². The van der Waals surface area contributed by atoms with Gasteiger partial charge in [-0.05, 0) is 176 Å². The summed E-state index contributed by atoms with van der Waals surface area (Å²) in [6.45, 7) is 5.10. The van der Waals surface area contributed by atoms with Gasteiger partial charge in [0.15, 0.2) is 0 Å². The molecule has 0 aliphatic rings. The molecule has 0 aliphatic carbocycles. The van der Waals surface area contributed by atoms with Crippen LogP contribution in [-0.4, -0.2) is 151 Å². The van der Waals surface area contributed by atoms with Crippen LogP contribution in [0.3, 0.4) is 0 Å². The van der Waals surface area contributed by atoms with Crippen LogP contribution in [0.4, 0.5) is 17.1 Å². The molecular formula is C113H110BIN13NaO16. The minimum absolute atomic E-state index is 0. The van der Waals surface area contributed by atoms with Gasteiger partial charge in [0.25, 0.3) is 0 Å². The van der Waals surface area contributed by atoms with E-state index < -0.39 is 25.0 Å². The first kappa shape index (κ1) is 111. The van der Waals surface area contributed by atoms with Crippen molar-refractivity contribution >= 4 is 99.8 Å². The molecule has 32 heteroatoms. The number of nitrogens with zero attached hydrogens (tertiary/aromatic N) is 9. The smallest absolute Gasteiger partial charge is 0.870 e.